The molecule has 0 aliphatic heterocycles. The second-order valence-corrected chi connectivity index (χ2v) is 12.9. The van der Waals surface area contributed by atoms with Crippen LogP contribution < -0.4 is 22.9 Å². The summed E-state index contributed by atoms with van der Waals surface area (Å²) in [7, 11) is 1.66. The average molecular weight is 381 g/mol. The van der Waals surface area contributed by atoms with Crippen LogP contribution in [-0.2, 0) is 0 Å². The Morgan fingerprint density at radius 3 is 1.46 bits per heavy atom. The molecule has 3 heterocycles. The Morgan fingerprint density at radius 2 is 1.12 bits per heavy atom. The van der Waals surface area contributed by atoms with Gasteiger partial charge in [-0.2, -0.15) is 0 Å². The molecule has 4 nitrogen and oxygen atoms in total. The van der Waals surface area contributed by atoms with E-state index < -0.39 is 13.3 Å². The van der Waals surface area contributed by atoms with Gasteiger partial charge in [-0.15, -0.1) is 0 Å². The first-order valence-electron chi connectivity index (χ1n) is 7.62. The third-order valence-electron chi connectivity index (χ3n) is 4.20. The summed E-state index contributed by atoms with van der Waals surface area (Å²) in [6, 6.07) is 19.8. The maximum absolute atomic E-state index is 5.89. The van der Waals surface area contributed by atoms with E-state index in [0.29, 0.717) is 0 Å². The van der Waals surface area contributed by atoms with Crippen LogP contribution in [0.1, 0.15) is 0 Å². The van der Waals surface area contributed by atoms with Crippen molar-refractivity contribution in [2.24, 2.45) is 0 Å². The fraction of sp³-hybridized carbons (Fsp3) is 0.0526. The number of benzene rings is 1. The summed E-state index contributed by atoms with van der Waals surface area (Å²) >= 11 is -3.41. The zero-order valence-corrected chi connectivity index (χ0v) is 15.2. The Hall–Kier alpha value is -2.60. The Morgan fingerprint density at radius 1 is 0.667 bits per heavy atom. The molecule has 0 saturated heterocycles. The molecule has 0 aliphatic carbocycles. The van der Waals surface area contributed by atoms with Crippen molar-refractivity contribution in [2.75, 3.05) is 7.11 Å². The van der Waals surface area contributed by atoms with Crippen LogP contribution in [0.5, 0.6) is 5.75 Å². The standard InChI is InChI=1S/C19H16GeO4/c1-21-16-10-8-15(9-11-16)20(17-5-2-12-22-17,18-6-3-13-23-18)19-7-4-14-24-19/h2-14H,1H3. The molecule has 0 amide bonds. The summed E-state index contributed by atoms with van der Waals surface area (Å²) in [5, 5.41) is 0. The van der Waals surface area contributed by atoms with E-state index in [1.165, 1.54) is 0 Å². The molecule has 0 aliphatic rings. The molecular formula is C19H16GeO4. The SMILES string of the molecule is COc1cc[c]([Ge]([c]2ccco2)([c]2ccco2)[c]2ccco2)cc1. The van der Waals surface area contributed by atoms with Crippen molar-refractivity contribution in [1.82, 2.24) is 0 Å². The predicted octanol–water partition coefficient (Wildman–Crippen LogP) is 1.85. The second kappa shape index (κ2) is 6.13. The van der Waals surface area contributed by atoms with E-state index in [4.69, 9.17) is 18.0 Å². The van der Waals surface area contributed by atoms with E-state index in [2.05, 4.69) is 12.1 Å². The van der Waals surface area contributed by atoms with Crippen LogP contribution in [0, 0.1) is 0 Å². The van der Waals surface area contributed by atoms with Crippen LogP contribution in [0.15, 0.2) is 92.7 Å². The van der Waals surface area contributed by atoms with Gasteiger partial charge in [0.2, 0.25) is 0 Å². The van der Waals surface area contributed by atoms with Crippen LogP contribution >= 0.6 is 0 Å². The predicted molar refractivity (Wildman–Crippen MR) is 93.4 cm³/mol. The number of hydrogen-bond acceptors (Lipinski definition) is 4. The summed E-state index contributed by atoms with van der Waals surface area (Å²) in [5.74, 6) is 0.813. The summed E-state index contributed by atoms with van der Waals surface area (Å²) in [5.41, 5.74) is 0. The maximum atomic E-state index is 5.89. The molecule has 0 radical (unpaired) electrons. The molecule has 5 heteroatoms. The molecule has 0 atom stereocenters. The van der Waals surface area contributed by atoms with Crippen molar-refractivity contribution in [2.45, 2.75) is 0 Å². The number of rotatable bonds is 5. The van der Waals surface area contributed by atoms with Crippen LogP contribution in [0.4, 0.5) is 0 Å². The van der Waals surface area contributed by atoms with Gasteiger partial charge in [-0.1, -0.05) is 0 Å². The van der Waals surface area contributed by atoms with Crippen molar-refractivity contribution in [3.8, 4) is 5.75 Å². The first-order valence-corrected chi connectivity index (χ1v) is 11.8. The molecule has 1 aromatic carbocycles. The van der Waals surface area contributed by atoms with E-state index in [9.17, 15) is 0 Å². The molecule has 24 heavy (non-hydrogen) atoms. The first kappa shape index (κ1) is 15.0. The fourth-order valence-corrected chi connectivity index (χ4v) is 11.5. The van der Waals surface area contributed by atoms with Gasteiger partial charge in [0.05, 0.1) is 0 Å². The van der Waals surface area contributed by atoms with Crippen molar-refractivity contribution in [3.05, 3.63) is 79.5 Å². The Labute approximate surface area is 142 Å². The van der Waals surface area contributed by atoms with Gasteiger partial charge in [-0.3, -0.25) is 0 Å². The first-order chi connectivity index (χ1) is 11.9. The van der Waals surface area contributed by atoms with E-state index in [1.54, 1.807) is 25.9 Å². The van der Waals surface area contributed by atoms with Gasteiger partial charge in [0.25, 0.3) is 0 Å². The summed E-state index contributed by atoms with van der Waals surface area (Å²) in [6.45, 7) is 0. The monoisotopic (exact) mass is 382 g/mol. The quantitative estimate of drug-likeness (QED) is 0.496. The molecule has 0 fully saturated rings. The average Bonchev–Trinajstić information content (AvgIpc) is 3.40. The van der Waals surface area contributed by atoms with Crippen molar-refractivity contribution in [1.29, 1.82) is 0 Å². The van der Waals surface area contributed by atoms with Crippen LogP contribution in [-0.4, -0.2) is 20.4 Å². The summed E-state index contributed by atoms with van der Waals surface area (Å²) < 4.78 is 26.8. The topological polar surface area (TPSA) is 48.7 Å². The van der Waals surface area contributed by atoms with Crippen LogP contribution in [0.3, 0.4) is 0 Å². The molecule has 0 saturated carbocycles. The molecule has 0 spiro atoms. The molecule has 0 N–H and O–H groups in total. The molecule has 4 aromatic rings. The van der Waals surface area contributed by atoms with Crippen LogP contribution in [0.2, 0.25) is 0 Å². The van der Waals surface area contributed by atoms with E-state index >= 15 is 0 Å². The normalized spacial score (nSPS) is 11.5. The summed E-state index contributed by atoms with van der Waals surface area (Å²) in [6.07, 6.45) is 5.10. The third-order valence-corrected chi connectivity index (χ3v) is 13.2. The number of methoxy groups -OCH3 is 1. The van der Waals surface area contributed by atoms with Gasteiger partial charge in [-0.05, 0) is 0 Å². The minimum atomic E-state index is -3.41. The van der Waals surface area contributed by atoms with E-state index in [1.807, 2.05) is 48.5 Å². The van der Waals surface area contributed by atoms with Gasteiger partial charge >= 0.3 is 142 Å². The van der Waals surface area contributed by atoms with Gasteiger partial charge < -0.3 is 0 Å². The number of furan rings is 3. The zero-order chi connectivity index (χ0) is 16.4. The number of ether oxygens (including phenoxy) is 1. The Balaban J connectivity index is 2.04. The molecule has 120 valence electrons. The van der Waals surface area contributed by atoms with Gasteiger partial charge in [0.1, 0.15) is 0 Å². The molecule has 0 bridgehead atoms. The molecule has 3 aromatic heterocycles. The van der Waals surface area contributed by atoms with Crippen LogP contribution in [0.25, 0.3) is 0 Å². The fourth-order valence-electron chi connectivity index (χ4n) is 3.11. The molecular weight excluding hydrogens is 365 g/mol. The molecule has 4 rings (SSSR count). The van der Waals surface area contributed by atoms with E-state index in [-0.39, 0.29) is 0 Å². The van der Waals surface area contributed by atoms with Gasteiger partial charge in [-0.25, -0.2) is 0 Å². The van der Waals surface area contributed by atoms with Gasteiger partial charge in [0, 0.05) is 0 Å². The Bertz CT molecular complexity index is 791. The molecule has 0 unspecified atom stereocenters. The summed E-state index contributed by atoms with van der Waals surface area (Å²) in [4.78, 5) is 0. The minimum absolute atomic E-state index is 0.813. The van der Waals surface area contributed by atoms with Crippen molar-refractivity contribution in [3.63, 3.8) is 0 Å². The van der Waals surface area contributed by atoms with E-state index in [0.717, 1.165) is 23.9 Å². The Kier molecular flexibility index (Phi) is 3.82. The number of hydrogen-bond donors (Lipinski definition) is 0. The zero-order valence-electron chi connectivity index (χ0n) is 13.1. The van der Waals surface area contributed by atoms with Crippen molar-refractivity contribution < 1.29 is 18.0 Å². The van der Waals surface area contributed by atoms with Gasteiger partial charge in [0.15, 0.2) is 0 Å². The third kappa shape index (κ3) is 2.22. The van der Waals surface area contributed by atoms with Crippen molar-refractivity contribution >= 4 is 31.4 Å². The second-order valence-electron chi connectivity index (χ2n) is 5.41.